The molecule has 2 N–H and O–H groups in total. The molecule has 0 spiro atoms. The Balaban J connectivity index is 0.000000249. The number of aryl methyl sites for hydroxylation is 4. The lowest BCUT2D eigenvalue weighted by Gasteiger charge is -2.18. The van der Waals surface area contributed by atoms with Crippen molar-refractivity contribution < 1.29 is 56.3 Å². The number of carbonyl (C=O) groups is 2. The molecular formula is C52H60F4O8S2. The first-order valence-corrected chi connectivity index (χ1v) is 24.1. The molecule has 14 heteroatoms. The number of benzene rings is 4. The minimum Gasteiger partial charge on any atom is -0.494 e. The summed E-state index contributed by atoms with van der Waals surface area (Å²) in [6.45, 7) is 12.4. The first-order valence-electron chi connectivity index (χ1n) is 22.5. The molecule has 66 heavy (non-hydrogen) atoms. The van der Waals surface area contributed by atoms with Gasteiger partial charge in [-0.1, -0.05) is 52.5 Å². The van der Waals surface area contributed by atoms with E-state index >= 15 is 0 Å². The zero-order chi connectivity index (χ0) is 48.0. The van der Waals surface area contributed by atoms with Crippen LogP contribution in [0.4, 0.5) is 17.6 Å². The molecule has 2 atom stereocenters. The van der Waals surface area contributed by atoms with Gasteiger partial charge in [-0.3, -0.25) is 0 Å². The van der Waals surface area contributed by atoms with E-state index in [0.29, 0.717) is 48.2 Å². The molecule has 356 valence electrons. The smallest absolute Gasteiger partial charge is 0.416 e. The second-order valence-electron chi connectivity index (χ2n) is 16.4. The summed E-state index contributed by atoms with van der Waals surface area (Å²) in [4.78, 5) is 23.9. The highest BCUT2D eigenvalue weighted by atomic mass is 32.1. The lowest BCUT2D eigenvalue weighted by atomic mass is 9.92. The van der Waals surface area contributed by atoms with Crippen molar-refractivity contribution >= 4 is 54.8 Å². The van der Waals surface area contributed by atoms with E-state index in [-0.39, 0.29) is 18.3 Å². The molecule has 8 nitrogen and oxygen atoms in total. The Morgan fingerprint density at radius 1 is 0.621 bits per heavy atom. The second-order valence-corrected chi connectivity index (χ2v) is 18.6. The maximum atomic E-state index is 13.7. The molecule has 0 bridgehead atoms. The fourth-order valence-corrected chi connectivity index (χ4v) is 10.9. The molecule has 2 aromatic heterocycles. The van der Waals surface area contributed by atoms with Crippen molar-refractivity contribution in [1.29, 1.82) is 0 Å². The topological polar surface area (TPSA) is 112 Å². The molecule has 0 radical (unpaired) electrons. The van der Waals surface area contributed by atoms with Crippen molar-refractivity contribution in [3.8, 4) is 23.0 Å². The summed E-state index contributed by atoms with van der Waals surface area (Å²) in [5.74, 6) is 0.795. The third-order valence-electron chi connectivity index (χ3n) is 11.5. The van der Waals surface area contributed by atoms with Crippen molar-refractivity contribution in [2.75, 3.05) is 26.4 Å². The molecule has 0 amide bonds. The number of ether oxygens (including phenoxy) is 4. The van der Waals surface area contributed by atoms with Gasteiger partial charge in [-0.2, -0.15) is 13.2 Å². The average Bonchev–Trinajstić information content (AvgIpc) is 3.81. The van der Waals surface area contributed by atoms with Gasteiger partial charge in [-0.25, -0.2) is 14.0 Å². The third kappa shape index (κ3) is 14.3. The molecule has 2 unspecified atom stereocenters. The molecule has 0 aliphatic rings. The van der Waals surface area contributed by atoms with Gasteiger partial charge in [0.2, 0.25) is 0 Å². The minimum absolute atomic E-state index is 0.195. The van der Waals surface area contributed by atoms with Crippen LogP contribution < -0.4 is 18.9 Å². The third-order valence-corrected chi connectivity index (χ3v) is 14.3. The second kappa shape index (κ2) is 24.4. The molecule has 0 saturated heterocycles. The number of aliphatic carboxylic acids is 2. The number of hydrogen-bond acceptors (Lipinski definition) is 8. The average molecular weight is 953 g/mol. The number of thiophene rings is 2. The van der Waals surface area contributed by atoms with E-state index < -0.39 is 30.3 Å². The van der Waals surface area contributed by atoms with Crippen LogP contribution in [0.3, 0.4) is 0 Å². The van der Waals surface area contributed by atoms with E-state index in [1.165, 1.54) is 28.6 Å². The van der Waals surface area contributed by atoms with Crippen molar-refractivity contribution in [3.63, 3.8) is 0 Å². The number of carboxylic acid groups (broad SMARTS) is 2. The van der Waals surface area contributed by atoms with Crippen LogP contribution in [-0.2, 0) is 22.2 Å². The predicted octanol–water partition coefficient (Wildman–Crippen LogP) is 14.9. The van der Waals surface area contributed by atoms with E-state index in [0.717, 1.165) is 93.5 Å². The predicted molar refractivity (Wildman–Crippen MR) is 256 cm³/mol. The highest BCUT2D eigenvalue weighted by Gasteiger charge is 2.31. The van der Waals surface area contributed by atoms with Gasteiger partial charge in [-0.05, 0) is 164 Å². The number of carboxylic acids is 2. The minimum atomic E-state index is -4.36. The molecule has 2 heterocycles. The van der Waals surface area contributed by atoms with Gasteiger partial charge in [0.25, 0.3) is 0 Å². The van der Waals surface area contributed by atoms with E-state index in [1.807, 2.05) is 39.0 Å². The lowest BCUT2D eigenvalue weighted by molar-refractivity contribution is -0.140. The molecule has 0 fully saturated rings. The van der Waals surface area contributed by atoms with E-state index in [4.69, 9.17) is 29.2 Å². The quantitative estimate of drug-likeness (QED) is 0.0611. The normalized spacial score (nSPS) is 12.4. The Kier molecular flexibility index (Phi) is 19.1. The van der Waals surface area contributed by atoms with Crippen LogP contribution >= 0.6 is 22.7 Å². The molecule has 6 rings (SSSR count). The summed E-state index contributed by atoms with van der Waals surface area (Å²) in [6.07, 6.45) is 4.33. The zero-order valence-corrected chi connectivity index (χ0v) is 40.1. The summed E-state index contributed by atoms with van der Waals surface area (Å²) in [6, 6.07) is 19.8. The van der Waals surface area contributed by atoms with Crippen molar-refractivity contribution in [3.05, 3.63) is 116 Å². The Morgan fingerprint density at radius 3 is 1.64 bits per heavy atom. The van der Waals surface area contributed by atoms with Gasteiger partial charge in [0, 0.05) is 19.2 Å². The molecule has 4 aromatic carbocycles. The lowest BCUT2D eigenvalue weighted by Crippen LogP contribution is -2.10. The van der Waals surface area contributed by atoms with Crippen LogP contribution in [0.2, 0.25) is 0 Å². The molecule has 0 aliphatic carbocycles. The summed E-state index contributed by atoms with van der Waals surface area (Å²) in [5, 5.41) is 19.4. The zero-order valence-electron chi connectivity index (χ0n) is 38.4. The monoisotopic (exact) mass is 952 g/mol. The van der Waals surface area contributed by atoms with Crippen LogP contribution in [0.1, 0.15) is 122 Å². The van der Waals surface area contributed by atoms with E-state index in [2.05, 4.69) is 20.8 Å². The summed E-state index contributed by atoms with van der Waals surface area (Å²) >= 11 is 3.29. The highest BCUT2D eigenvalue weighted by molar-refractivity contribution is 7.19. The Morgan fingerprint density at radius 2 is 1.15 bits per heavy atom. The van der Waals surface area contributed by atoms with Crippen molar-refractivity contribution in [2.45, 2.75) is 117 Å². The number of unbranched alkanes of at least 4 members (excludes halogenated alkanes) is 2. The first kappa shape index (κ1) is 51.6. The summed E-state index contributed by atoms with van der Waals surface area (Å²) in [7, 11) is 0. The molecular weight excluding hydrogens is 893 g/mol. The number of fused-ring (bicyclic) bond motifs is 2. The largest absolute Gasteiger partial charge is 0.494 e. The molecule has 0 saturated carbocycles. The standard InChI is InChI=1S/C27H31F3O4S.C25H29FO4S/c1-4-6-7-18(12-13-33-20-9-10-23(17(3)14-20)34-16-25(31)32)26-21(5-2)22-15-19(27(28,29)30)8-11-24(22)35-26;1-4-5-6-18(25-17(3)21-9-7-19(26)14-23(21)31-25)11-12-29-20-8-10-22(16(2)13-20)30-15-24(27)28/h8-11,14-15,18H,4-7,12-13,16H2,1-3H3,(H,31,32);7-10,13-14,18H,4-6,11-12,15H2,1-3H3,(H,27,28). The van der Waals surface area contributed by atoms with E-state index in [9.17, 15) is 27.2 Å². The van der Waals surface area contributed by atoms with Crippen LogP contribution in [0.15, 0.2) is 72.8 Å². The van der Waals surface area contributed by atoms with Gasteiger partial charge < -0.3 is 29.2 Å². The van der Waals surface area contributed by atoms with Crippen LogP contribution in [0.5, 0.6) is 23.0 Å². The first-order chi connectivity index (χ1) is 31.5. The van der Waals surface area contributed by atoms with Crippen molar-refractivity contribution in [1.82, 2.24) is 0 Å². The Labute approximate surface area is 392 Å². The fourth-order valence-electron chi connectivity index (χ4n) is 8.02. The van der Waals surface area contributed by atoms with E-state index in [1.54, 1.807) is 59.1 Å². The SMILES string of the molecule is CCCCC(CCOc1ccc(OCC(=O)O)c(C)c1)c1sc2cc(F)ccc2c1C.CCCCC(CCOc1ccc(OCC(=O)O)c(C)c1)c1sc2ccc(C(F)(F)F)cc2c1CC. The Bertz CT molecular complexity index is 2550. The van der Waals surface area contributed by atoms with Crippen LogP contribution in [0.25, 0.3) is 20.2 Å². The Hall–Kier alpha value is -5.34. The summed E-state index contributed by atoms with van der Waals surface area (Å²) in [5.41, 5.74) is 3.27. The fraction of sp³-hybridized carbons (Fsp3) is 0.423. The number of halogens is 4. The molecule has 6 aromatic rings. The summed E-state index contributed by atoms with van der Waals surface area (Å²) < 4.78 is 78.0. The van der Waals surface area contributed by atoms with Gasteiger partial charge in [0.1, 0.15) is 28.8 Å². The van der Waals surface area contributed by atoms with Gasteiger partial charge in [-0.15, -0.1) is 22.7 Å². The van der Waals surface area contributed by atoms with Crippen LogP contribution in [-0.4, -0.2) is 48.6 Å². The van der Waals surface area contributed by atoms with Gasteiger partial charge in [0.05, 0.1) is 18.8 Å². The maximum Gasteiger partial charge on any atom is 0.416 e. The van der Waals surface area contributed by atoms with Crippen molar-refractivity contribution in [2.24, 2.45) is 0 Å². The molecule has 0 aliphatic heterocycles. The highest BCUT2D eigenvalue weighted by Crippen LogP contribution is 2.43. The van der Waals surface area contributed by atoms with Gasteiger partial charge >= 0.3 is 18.1 Å². The van der Waals surface area contributed by atoms with Gasteiger partial charge in [0.15, 0.2) is 13.2 Å². The number of alkyl halides is 3. The van der Waals surface area contributed by atoms with Crippen LogP contribution in [0, 0.1) is 26.6 Å². The number of rotatable bonds is 23. The maximum absolute atomic E-state index is 13.7. The number of hydrogen-bond donors (Lipinski definition) is 2.